The van der Waals surface area contributed by atoms with E-state index in [2.05, 4.69) is 20.5 Å². The molecule has 6 nitrogen and oxygen atoms in total. The van der Waals surface area contributed by atoms with E-state index < -0.39 is 5.25 Å². The van der Waals surface area contributed by atoms with Crippen LogP contribution >= 0.6 is 23.4 Å². The molecule has 0 saturated heterocycles. The number of rotatable bonds is 7. The predicted molar refractivity (Wildman–Crippen MR) is 127 cm³/mol. The zero-order chi connectivity index (χ0) is 22.5. The Kier molecular flexibility index (Phi) is 6.68. The normalized spacial score (nSPS) is 11.7. The van der Waals surface area contributed by atoms with Crippen LogP contribution in [0.25, 0.3) is 11.4 Å². The number of H-pyrrole nitrogens is 1. The maximum atomic E-state index is 13.2. The molecule has 0 aliphatic heterocycles. The van der Waals surface area contributed by atoms with Gasteiger partial charge in [-0.15, -0.1) is 5.10 Å². The number of nitrogens with one attached hydrogen (secondary N) is 2. The Labute approximate surface area is 194 Å². The molecule has 1 amide bonds. The van der Waals surface area contributed by atoms with Gasteiger partial charge in [-0.25, -0.2) is 4.98 Å². The Balaban J connectivity index is 1.58. The van der Waals surface area contributed by atoms with Crippen LogP contribution in [-0.4, -0.2) is 26.9 Å². The van der Waals surface area contributed by atoms with E-state index in [4.69, 9.17) is 11.6 Å². The van der Waals surface area contributed by atoms with Crippen LogP contribution in [0, 0.1) is 0 Å². The predicted octanol–water partition coefficient (Wildman–Crippen LogP) is 5.80. The smallest absolute Gasteiger partial charge is 0.242 e. The van der Waals surface area contributed by atoms with E-state index >= 15 is 0 Å². The Hall–Kier alpha value is -3.42. The summed E-state index contributed by atoms with van der Waals surface area (Å²) in [5.74, 6) is 0.288. The van der Waals surface area contributed by atoms with Crippen molar-refractivity contribution in [3.63, 3.8) is 0 Å². The lowest BCUT2D eigenvalue weighted by Gasteiger charge is -2.15. The molecule has 0 bridgehead atoms. The number of ketones is 1. The minimum absolute atomic E-state index is 0.0643. The summed E-state index contributed by atoms with van der Waals surface area (Å²) in [6, 6.07) is 23.5. The molecule has 0 saturated carbocycles. The quantitative estimate of drug-likeness (QED) is 0.267. The van der Waals surface area contributed by atoms with Crippen molar-refractivity contribution in [1.82, 2.24) is 15.2 Å². The van der Waals surface area contributed by atoms with Crippen LogP contribution in [0.5, 0.6) is 0 Å². The third kappa shape index (κ3) is 5.25. The van der Waals surface area contributed by atoms with E-state index in [1.807, 2.05) is 42.5 Å². The molecule has 32 heavy (non-hydrogen) atoms. The van der Waals surface area contributed by atoms with Crippen LogP contribution in [0.1, 0.15) is 28.1 Å². The topological polar surface area (TPSA) is 87.7 Å². The van der Waals surface area contributed by atoms with Crippen molar-refractivity contribution in [2.45, 2.75) is 17.3 Å². The van der Waals surface area contributed by atoms with Crippen molar-refractivity contribution in [3.8, 4) is 11.4 Å². The monoisotopic (exact) mass is 462 g/mol. The van der Waals surface area contributed by atoms with Crippen molar-refractivity contribution < 1.29 is 9.59 Å². The highest BCUT2D eigenvalue weighted by molar-refractivity contribution is 8.00. The molecule has 0 aliphatic rings. The number of hydrogen-bond acceptors (Lipinski definition) is 5. The van der Waals surface area contributed by atoms with Crippen LogP contribution in [0.3, 0.4) is 0 Å². The number of carbonyl (C=O) groups excluding carboxylic acids is 2. The lowest BCUT2D eigenvalue weighted by atomic mass is 10.1. The number of halogens is 1. The van der Waals surface area contributed by atoms with Crippen molar-refractivity contribution in [2.75, 3.05) is 5.32 Å². The van der Waals surface area contributed by atoms with Crippen molar-refractivity contribution in [2.24, 2.45) is 0 Å². The fourth-order valence-electron chi connectivity index (χ4n) is 3.07. The first kappa shape index (κ1) is 21.8. The third-order valence-electron chi connectivity index (χ3n) is 4.68. The summed E-state index contributed by atoms with van der Waals surface area (Å²) in [5, 5.41) is 10.6. The molecule has 0 fully saturated rings. The van der Waals surface area contributed by atoms with Crippen molar-refractivity contribution in [1.29, 1.82) is 0 Å². The van der Waals surface area contributed by atoms with Gasteiger partial charge in [0.1, 0.15) is 5.25 Å². The first-order chi connectivity index (χ1) is 15.5. The molecule has 1 atom stereocenters. The molecular weight excluding hydrogens is 444 g/mol. The van der Waals surface area contributed by atoms with Gasteiger partial charge in [0, 0.05) is 21.8 Å². The van der Waals surface area contributed by atoms with Gasteiger partial charge >= 0.3 is 0 Å². The fourth-order valence-corrected chi connectivity index (χ4v) is 4.10. The average molecular weight is 463 g/mol. The molecule has 3 aromatic carbocycles. The number of nitrogens with zero attached hydrogens (tertiary/aromatic N) is 2. The number of Topliss-reactive ketones (excluding diaryl/α,β-unsaturated/α-hetero) is 1. The molecule has 1 heterocycles. The lowest BCUT2D eigenvalue weighted by Crippen LogP contribution is -2.19. The Morgan fingerprint density at radius 1 is 1.00 bits per heavy atom. The van der Waals surface area contributed by atoms with Gasteiger partial charge in [0.05, 0.1) is 0 Å². The zero-order valence-electron chi connectivity index (χ0n) is 17.1. The third-order valence-corrected chi connectivity index (χ3v) is 6.05. The molecule has 4 aromatic rings. The summed E-state index contributed by atoms with van der Waals surface area (Å²) in [4.78, 5) is 29.4. The highest BCUT2D eigenvalue weighted by Gasteiger charge is 2.24. The van der Waals surface area contributed by atoms with Crippen LogP contribution in [-0.2, 0) is 4.79 Å². The summed E-state index contributed by atoms with van der Waals surface area (Å²) < 4.78 is 0. The molecule has 2 N–H and O–H groups in total. The SMILES string of the molecule is CC(=O)c1cccc(NC(=O)C(Sc2n[nH]c(-c3ccc(Cl)cc3)n2)c2ccccc2)c1. The lowest BCUT2D eigenvalue weighted by molar-refractivity contribution is -0.115. The molecular formula is C24H19ClN4O2S. The maximum Gasteiger partial charge on any atom is 0.242 e. The second-order valence-electron chi connectivity index (χ2n) is 7.01. The van der Waals surface area contributed by atoms with Crippen molar-refractivity contribution in [3.05, 3.63) is 95.0 Å². The molecule has 0 aliphatic carbocycles. The Morgan fingerprint density at radius 3 is 2.47 bits per heavy atom. The van der Waals surface area contributed by atoms with Crippen LogP contribution in [0.15, 0.2) is 84.0 Å². The van der Waals surface area contributed by atoms with Gasteiger partial charge in [0.25, 0.3) is 0 Å². The molecule has 0 spiro atoms. The number of carbonyl (C=O) groups is 2. The summed E-state index contributed by atoms with van der Waals surface area (Å²) in [6.45, 7) is 1.49. The summed E-state index contributed by atoms with van der Waals surface area (Å²) in [5.41, 5.74) is 2.75. The number of aromatic nitrogens is 3. The van der Waals surface area contributed by atoms with Crippen LogP contribution < -0.4 is 5.32 Å². The summed E-state index contributed by atoms with van der Waals surface area (Å²) >= 11 is 7.20. The molecule has 4 rings (SSSR count). The summed E-state index contributed by atoms with van der Waals surface area (Å²) in [6.07, 6.45) is 0. The average Bonchev–Trinajstić information content (AvgIpc) is 3.27. The standard InChI is InChI=1S/C24H19ClN4O2S/c1-15(30)18-8-5-9-20(14-18)26-23(31)21(16-6-3-2-4-7-16)32-24-27-22(28-29-24)17-10-12-19(25)13-11-17/h2-14,21H,1H3,(H,26,31)(H,27,28,29). The molecule has 0 radical (unpaired) electrons. The second-order valence-corrected chi connectivity index (χ2v) is 8.52. The molecule has 8 heteroatoms. The van der Waals surface area contributed by atoms with E-state index in [9.17, 15) is 9.59 Å². The van der Waals surface area contributed by atoms with Gasteiger partial charge in [-0.05, 0) is 48.9 Å². The van der Waals surface area contributed by atoms with Gasteiger partial charge in [0.15, 0.2) is 11.6 Å². The number of hydrogen-bond donors (Lipinski definition) is 2. The molecule has 1 aromatic heterocycles. The molecule has 1 unspecified atom stereocenters. The van der Waals surface area contributed by atoms with E-state index in [0.717, 1.165) is 11.1 Å². The van der Waals surface area contributed by atoms with E-state index in [1.54, 1.807) is 36.4 Å². The highest BCUT2D eigenvalue weighted by atomic mass is 35.5. The number of aromatic amines is 1. The highest BCUT2D eigenvalue weighted by Crippen LogP contribution is 2.35. The number of thioether (sulfide) groups is 1. The number of amides is 1. The van der Waals surface area contributed by atoms with Gasteiger partial charge in [-0.2, -0.15) is 0 Å². The van der Waals surface area contributed by atoms with Crippen LogP contribution in [0.2, 0.25) is 5.02 Å². The van der Waals surface area contributed by atoms with E-state index in [0.29, 0.717) is 27.3 Å². The minimum Gasteiger partial charge on any atom is -0.325 e. The minimum atomic E-state index is -0.592. The maximum absolute atomic E-state index is 13.2. The fraction of sp³-hybridized carbons (Fsp3) is 0.0833. The molecule has 160 valence electrons. The first-order valence-electron chi connectivity index (χ1n) is 9.81. The van der Waals surface area contributed by atoms with Gasteiger partial charge in [-0.1, -0.05) is 65.8 Å². The number of benzene rings is 3. The van der Waals surface area contributed by atoms with Gasteiger partial charge in [-0.3, -0.25) is 14.7 Å². The van der Waals surface area contributed by atoms with E-state index in [1.165, 1.54) is 18.7 Å². The van der Waals surface area contributed by atoms with Gasteiger partial charge < -0.3 is 5.32 Å². The largest absolute Gasteiger partial charge is 0.325 e. The Bertz CT molecular complexity index is 1240. The van der Waals surface area contributed by atoms with Gasteiger partial charge in [0.2, 0.25) is 11.1 Å². The summed E-state index contributed by atoms with van der Waals surface area (Å²) in [7, 11) is 0. The number of anilines is 1. The van der Waals surface area contributed by atoms with Crippen molar-refractivity contribution >= 4 is 40.7 Å². The van der Waals surface area contributed by atoms with Crippen LogP contribution in [0.4, 0.5) is 5.69 Å². The Morgan fingerprint density at radius 2 is 1.75 bits per heavy atom. The zero-order valence-corrected chi connectivity index (χ0v) is 18.7. The van der Waals surface area contributed by atoms with E-state index in [-0.39, 0.29) is 11.7 Å². The first-order valence-corrected chi connectivity index (χ1v) is 11.1. The second kappa shape index (κ2) is 9.80.